The molecule has 3 rings (SSSR count). The predicted octanol–water partition coefficient (Wildman–Crippen LogP) is 4.87. The Hall–Kier alpha value is -1.98. The summed E-state index contributed by atoms with van der Waals surface area (Å²) < 4.78 is 5.35. The molecular weight excluding hydrogens is 394 g/mol. The van der Waals surface area contributed by atoms with Crippen molar-refractivity contribution >= 4 is 35.2 Å². The fourth-order valence-electron chi connectivity index (χ4n) is 3.23. The van der Waals surface area contributed by atoms with Crippen LogP contribution in [0.25, 0.3) is 0 Å². The van der Waals surface area contributed by atoms with Crippen LogP contribution in [-0.2, 0) is 20.7 Å². The number of esters is 1. The highest BCUT2D eigenvalue weighted by atomic mass is 35.5. The molecule has 148 valence electrons. The van der Waals surface area contributed by atoms with Crippen LogP contribution in [0.5, 0.6) is 0 Å². The molecule has 0 aromatic heterocycles. The number of carbonyl (C=O) groups excluding carboxylic acids is 2. The summed E-state index contributed by atoms with van der Waals surface area (Å²) in [5.74, 6) is 0.115. The Balaban J connectivity index is 1.81. The van der Waals surface area contributed by atoms with Crippen molar-refractivity contribution in [3.8, 4) is 0 Å². The maximum Gasteiger partial charge on any atom is 0.329 e. The molecule has 28 heavy (non-hydrogen) atoms. The van der Waals surface area contributed by atoms with Gasteiger partial charge >= 0.3 is 5.97 Å². The van der Waals surface area contributed by atoms with Gasteiger partial charge in [-0.05, 0) is 24.5 Å². The quantitative estimate of drug-likeness (QED) is 0.603. The SMILES string of the molecule is CCCOC(=O)[C@@H]1CS[C@H](c2ccccc2Cl)N1C(=O)CCc1ccccc1. The third-order valence-electron chi connectivity index (χ3n) is 4.65. The standard InChI is InChI=1S/C22H24ClNO3S/c1-2-14-27-22(26)19-15-28-21(17-10-6-7-11-18(17)23)24(19)20(25)13-12-16-8-4-3-5-9-16/h3-11,19,21H,2,12-15H2,1H3/t19-,21+/m0/s1. The van der Waals surface area contributed by atoms with E-state index in [0.717, 1.165) is 17.5 Å². The van der Waals surface area contributed by atoms with E-state index < -0.39 is 6.04 Å². The largest absolute Gasteiger partial charge is 0.464 e. The van der Waals surface area contributed by atoms with Gasteiger partial charge in [-0.25, -0.2) is 4.79 Å². The smallest absolute Gasteiger partial charge is 0.329 e. The average molecular weight is 418 g/mol. The number of hydrogen-bond acceptors (Lipinski definition) is 4. The van der Waals surface area contributed by atoms with E-state index in [1.807, 2.05) is 61.5 Å². The Morgan fingerprint density at radius 1 is 1.14 bits per heavy atom. The average Bonchev–Trinajstić information content (AvgIpc) is 3.16. The first-order chi connectivity index (χ1) is 13.6. The minimum atomic E-state index is -0.582. The van der Waals surface area contributed by atoms with E-state index in [9.17, 15) is 9.59 Å². The molecule has 1 saturated heterocycles. The summed E-state index contributed by atoms with van der Waals surface area (Å²) in [4.78, 5) is 27.4. The van der Waals surface area contributed by atoms with E-state index in [4.69, 9.17) is 16.3 Å². The molecule has 1 aliphatic rings. The molecule has 4 nitrogen and oxygen atoms in total. The van der Waals surface area contributed by atoms with Crippen molar-refractivity contribution < 1.29 is 14.3 Å². The van der Waals surface area contributed by atoms with Crippen molar-refractivity contribution in [2.24, 2.45) is 0 Å². The first-order valence-electron chi connectivity index (χ1n) is 9.49. The van der Waals surface area contributed by atoms with Crippen LogP contribution in [0.1, 0.15) is 36.3 Å². The topological polar surface area (TPSA) is 46.6 Å². The van der Waals surface area contributed by atoms with Gasteiger partial charge < -0.3 is 9.64 Å². The molecule has 2 atom stereocenters. The number of ether oxygens (including phenoxy) is 1. The second-order valence-corrected chi connectivity index (χ2v) is 8.20. The van der Waals surface area contributed by atoms with Gasteiger partial charge in [-0.1, -0.05) is 67.1 Å². The van der Waals surface area contributed by atoms with E-state index in [2.05, 4.69) is 0 Å². The lowest BCUT2D eigenvalue weighted by Gasteiger charge is -2.29. The summed E-state index contributed by atoms with van der Waals surface area (Å²) in [6.45, 7) is 2.31. The number of nitrogens with zero attached hydrogens (tertiary/aromatic N) is 1. The lowest BCUT2D eigenvalue weighted by atomic mass is 10.1. The van der Waals surface area contributed by atoms with E-state index in [-0.39, 0.29) is 17.3 Å². The molecule has 0 unspecified atom stereocenters. The van der Waals surface area contributed by atoms with Crippen molar-refractivity contribution in [3.63, 3.8) is 0 Å². The molecule has 6 heteroatoms. The Morgan fingerprint density at radius 2 is 1.86 bits per heavy atom. The Morgan fingerprint density at radius 3 is 2.57 bits per heavy atom. The number of amides is 1. The number of carbonyl (C=O) groups is 2. The van der Waals surface area contributed by atoms with Crippen LogP contribution in [0.4, 0.5) is 0 Å². The van der Waals surface area contributed by atoms with Gasteiger partial charge in [0.05, 0.1) is 6.61 Å². The number of benzene rings is 2. The molecule has 1 fully saturated rings. The zero-order chi connectivity index (χ0) is 19.9. The van der Waals surface area contributed by atoms with Gasteiger partial charge in [0.2, 0.25) is 5.91 Å². The summed E-state index contributed by atoms with van der Waals surface area (Å²) >= 11 is 7.95. The molecule has 0 aliphatic carbocycles. The molecule has 1 amide bonds. The highest BCUT2D eigenvalue weighted by Gasteiger charge is 2.43. The fourth-order valence-corrected chi connectivity index (χ4v) is 5.01. The first-order valence-corrected chi connectivity index (χ1v) is 10.9. The number of aryl methyl sites for hydroxylation is 1. The zero-order valence-electron chi connectivity index (χ0n) is 15.8. The van der Waals surface area contributed by atoms with Gasteiger partial charge in [0, 0.05) is 22.8 Å². The first kappa shape index (κ1) is 20.7. The number of rotatable bonds is 7. The predicted molar refractivity (Wildman–Crippen MR) is 113 cm³/mol. The monoisotopic (exact) mass is 417 g/mol. The number of halogens is 1. The van der Waals surface area contributed by atoms with Gasteiger partial charge in [0.15, 0.2) is 0 Å². The summed E-state index contributed by atoms with van der Waals surface area (Å²) in [6, 6.07) is 16.8. The molecule has 1 aliphatic heterocycles. The summed E-state index contributed by atoms with van der Waals surface area (Å²) in [5, 5.41) is 0.319. The normalized spacial score (nSPS) is 18.9. The zero-order valence-corrected chi connectivity index (χ0v) is 17.4. The van der Waals surface area contributed by atoms with Crippen LogP contribution >= 0.6 is 23.4 Å². The van der Waals surface area contributed by atoms with Gasteiger partial charge in [0.1, 0.15) is 11.4 Å². The van der Waals surface area contributed by atoms with E-state index in [0.29, 0.717) is 30.2 Å². The van der Waals surface area contributed by atoms with Gasteiger partial charge in [-0.15, -0.1) is 11.8 Å². The number of thioether (sulfide) groups is 1. The lowest BCUT2D eigenvalue weighted by molar-refractivity contribution is -0.154. The maximum atomic E-state index is 13.2. The Labute approximate surface area is 175 Å². The van der Waals surface area contributed by atoms with Gasteiger partial charge in [-0.2, -0.15) is 0 Å². The Bertz CT molecular complexity index is 814. The van der Waals surface area contributed by atoms with Crippen molar-refractivity contribution in [2.75, 3.05) is 12.4 Å². The third kappa shape index (κ3) is 4.89. The molecule has 1 heterocycles. The van der Waals surface area contributed by atoms with E-state index in [1.165, 1.54) is 0 Å². The van der Waals surface area contributed by atoms with Gasteiger partial charge in [0.25, 0.3) is 0 Å². The molecule has 2 aromatic carbocycles. The minimum absolute atomic E-state index is 0.0581. The molecule has 0 N–H and O–H groups in total. The van der Waals surface area contributed by atoms with E-state index >= 15 is 0 Å². The fraction of sp³-hybridized carbons (Fsp3) is 0.364. The van der Waals surface area contributed by atoms with Crippen molar-refractivity contribution in [1.82, 2.24) is 4.90 Å². The molecule has 0 saturated carbocycles. The minimum Gasteiger partial charge on any atom is -0.464 e. The number of hydrogen-bond donors (Lipinski definition) is 0. The Kier molecular flexibility index (Phi) is 7.40. The van der Waals surface area contributed by atoms with Crippen molar-refractivity contribution in [2.45, 2.75) is 37.6 Å². The van der Waals surface area contributed by atoms with Crippen molar-refractivity contribution in [1.29, 1.82) is 0 Å². The third-order valence-corrected chi connectivity index (χ3v) is 6.30. The molecule has 0 radical (unpaired) electrons. The van der Waals surface area contributed by atoms with Crippen LogP contribution in [0, 0.1) is 0 Å². The molecule has 0 spiro atoms. The van der Waals surface area contributed by atoms with Crippen LogP contribution < -0.4 is 0 Å². The van der Waals surface area contributed by atoms with Crippen molar-refractivity contribution in [3.05, 3.63) is 70.7 Å². The van der Waals surface area contributed by atoms with E-state index in [1.54, 1.807) is 16.7 Å². The van der Waals surface area contributed by atoms with Crippen LogP contribution in [0.2, 0.25) is 5.02 Å². The van der Waals surface area contributed by atoms with Crippen LogP contribution in [-0.4, -0.2) is 35.2 Å². The highest BCUT2D eigenvalue weighted by molar-refractivity contribution is 7.99. The summed E-state index contributed by atoms with van der Waals surface area (Å²) in [6.07, 6.45) is 1.72. The van der Waals surface area contributed by atoms with Crippen LogP contribution in [0.3, 0.4) is 0 Å². The second-order valence-electron chi connectivity index (χ2n) is 6.68. The summed E-state index contributed by atoms with van der Waals surface area (Å²) in [7, 11) is 0. The molecule has 0 bridgehead atoms. The van der Waals surface area contributed by atoms with Crippen LogP contribution in [0.15, 0.2) is 54.6 Å². The molecule has 2 aromatic rings. The lowest BCUT2D eigenvalue weighted by Crippen LogP contribution is -2.44. The highest BCUT2D eigenvalue weighted by Crippen LogP contribution is 2.44. The summed E-state index contributed by atoms with van der Waals surface area (Å²) in [5.41, 5.74) is 1.95. The molecular formula is C22H24ClNO3S. The van der Waals surface area contributed by atoms with Gasteiger partial charge in [-0.3, -0.25) is 4.79 Å². The maximum absolute atomic E-state index is 13.2. The second kappa shape index (κ2) is 9.99.